The second-order valence-electron chi connectivity index (χ2n) is 9.66. The first-order chi connectivity index (χ1) is 18.7. The van der Waals surface area contributed by atoms with Crippen molar-refractivity contribution in [3.05, 3.63) is 77.6 Å². The SMILES string of the molecule is Cc1ccc(C(=O)NCc2cc3nc(-c4cccc(N5CCNC(CO)C5)n4)ccc3cn2)cc1S(C)(=O)=O. The molecule has 11 heteroatoms. The topological polar surface area (TPSA) is 137 Å². The van der Waals surface area contributed by atoms with Crippen LogP contribution >= 0.6 is 0 Å². The third-order valence-corrected chi connectivity index (χ3v) is 7.95. The number of piperazine rings is 1. The molecule has 1 aliphatic heterocycles. The van der Waals surface area contributed by atoms with Crippen LogP contribution in [0.1, 0.15) is 21.6 Å². The van der Waals surface area contributed by atoms with Gasteiger partial charge in [-0.15, -0.1) is 0 Å². The lowest BCUT2D eigenvalue weighted by Gasteiger charge is -2.33. The van der Waals surface area contributed by atoms with Crippen molar-refractivity contribution in [2.45, 2.75) is 24.4 Å². The Kier molecular flexibility index (Phi) is 7.56. The van der Waals surface area contributed by atoms with Gasteiger partial charge in [0.15, 0.2) is 9.84 Å². The summed E-state index contributed by atoms with van der Waals surface area (Å²) in [5.41, 5.74) is 3.65. The summed E-state index contributed by atoms with van der Waals surface area (Å²) in [4.78, 5) is 29.1. The van der Waals surface area contributed by atoms with Crippen molar-refractivity contribution in [1.29, 1.82) is 0 Å². The van der Waals surface area contributed by atoms with E-state index in [9.17, 15) is 18.3 Å². The molecule has 1 unspecified atom stereocenters. The predicted octanol–water partition coefficient (Wildman–Crippen LogP) is 2.10. The molecule has 0 radical (unpaired) electrons. The number of aliphatic hydroxyl groups is 1. The quantitative estimate of drug-likeness (QED) is 0.318. The number of hydrogen-bond donors (Lipinski definition) is 3. The van der Waals surface area contributed by atoms with Gasteiger partial charge in [-0.2, -0.15) is 0 Å². The third-order valence-electron chi connectivity index (χ3n) is 6.71. The molecule has 1 aliphatic rings. The van der Waals surface area contributed by atoms with E-state index in [1.165, 1.54) is 6.07 Å². The van der Waals surface area contributed by atoms with E-state index in [0.29, 0.717) is 23.5 Å². The fourth-order valence-corrected chi connectivity index (χ4v) is 5.60. The predicted molar refractivity (Wildman–Crippen MR) is 149 cm³/mol. The number of nitrogens with zero attached hydrogens (tertiary/aromatic N) is 4. The number of nitrogens with one attached hydrogen (secondary N) is 2. The molecule has 1 atom stereocenters. The number of carbonyl (C=O) groups is 1. The van der Waals surface area contributed by atoms with Gasteiger partial charge in [0.2, 0.25) is 0 Å². The average Bonchev–Trinajstić information content (AvgIpc) is 2.95. The maximum absolute atomic E-state index is 12.7. The molecule has 0 aliphatic carbocycles. The minimum absolute atomic E-state index is 0.0159. The molecule has 0 bridgehead atoms. The molecule has 1 fully saturated rings. The number of rotatable bonds is 7. The summed E-state index contributed by atoms with van der Waals surface area (Å²) >= 11 is 0. The Balaban J connectivity index is 1.33. The largest absolute Gasteiger partial charge is 0.395 e. The summed E-state index contributed by atoms with van der Waals surface area (Å²) in [6.45, 7) is 4.19. The fourth-order valence-electron chi connectivity index (χ4n) is 4.61. The third kappa shape index (κ3) is 6.06. The number of pyridine rings is 3. The van der Waals surface area contributed by atoms with Gasteiger partial charge in [0.05, 0.1) is 40.6 Å². The lowest BCUT2D eigenvalue weighted by atomic mass is 10.1. The van der Waals surface area contributed by atoms with Crippen LogP contribution in [0.5, 0.6) is 0 Å². The van der Waals surface area contributed by atoms with Crippen molar-refractivity contribution in [2.75, 3.05) is 37.4 Å². The second-order valence-corrected chi connectivity index (χ2v) is 11.6. The molecule has 1 amide bonds. The summed E-state index contributed by atoms with van der Waals surface area (Å²) in [7, 11) is -3.44. The van der Waals surface area contributed by atoms with E-state index in [2.05, 4.69) is 20.5 Å². The van der Waals surface area contributed by atoms with Crippen molar-refractivity contribution in [1.82, 2.24) is 25.6 Å². The Morgan fingerprint density at radius 3 is 2.74 bits per heavy atom. The Hall–Kier alpha value is -3.93. The summed E-state index contributed by atoms with van der Waals surface area (Å²) in [6.07, 6.45) is 2.83. The maximum atomic E-state index is 12.7. The molecular weight excluding hydrogens is 516 g/mol. The van der Waals surface area contributed by atoms with Gasteiger partial charge >= 0.3 is 0 Å². The van der Waals surface area contributed by atoms with Crippen LogP contribution in [0.2, 0.25) is 0 Å². The molecule has 1 saturated heterocycles. The van der Waals surface area contributed by atoms with E-state index in [0.717, 1.165) is 41.8 Å². The number of carbonyl (C=O) groups excluding carboxylic acids is 1. The number of aryl methyl sites for hydroxylation is 1. The van der Waals surface area contributed by atoms with Crippen LogP contribution in [-0.2, 0) is 16.4 Å². The van der Waals surface area contributed by atoms with Crippen molar-refractivity contribution in [2.24, 2.45) is 0 Å². The van der Waals surface area contributed by atoms with E-state index in [-0.39, 0.29) is 35.6 Å². The van der Waals surface area contributed by atoms with Crippen LogP contribution in [-0.4, -0.2) is 72.9 Å². The Morgan fingerprint density at radius 2 is 1.95 bits per heavy atom. The fraction of sp³-hybridized carbons (Fsp3) is 0.286. The average molecular weight is 547 g/mol. The molecule has 3 N–H and O–H groups in total. The zero-order valence-electron chi connectivity index (χ0n) is 21.8. The minimum Gasteiger partial charge on any atom is -0.395 e. The number of anilines is 1. The number of hydrogen-bond acceptors (Lipinski definition) is 9. The van der Waals surface area contributed by atoms with Gasteiger partial charge in [0, 0.05) is 49.1 Å². The van der Waals surface area contributed by atoms with E-state index in [1.54, 1.807) is 25.3 Å². The Labute approximate surface area is 227 Å². The zero-order chi connectivity index (χ0) is 27.6. The monoisotopic (exact) mass is 546 g/mol. The first-order valence-electron chi connectivity index (χ1n) is 12.6. The standard InChI is InChI=1S/C28H30N6O4S/c1-18-6-7-19(12-26(18)39(2,37)38)28(36)31-15-21-13-25-20(14-30-21)8-9-24(32-25)23-4-3-5-27(33-23)34-11-10-29-22(16-34)17-35/h3-9,12-14,22,29,35H,10-11,15-17H2,1-2H3,(H,31,36). The van der Waals surface area contributed by atoms with Gasteiger partial charge in [-0.25, -0.2) is 18.4 Å². The lowest BCUT2D eigenvalue weighted by molar-refractivity contribution is 0.0950. The van der Waals surface area contributed by atoms with Crippen LogP contribution < -0.4 is 15.5 Å². The molecule has 0 saturated carbocycles. The molecule has 4 heterocycles. The smallest absolute Gasteiger partial charge is 0.251 e. The van der Waals surface area contributed by atoms with Crippen molar-refractivity contribution >= 4 is 32.5 Å². The molecule has 202 valence electrons. The second kappa shape index (κ2) is 11.0. The number of aliphatic hydroxyl groups excluding tert-OH is 1. The van der Waals surface area contributed by atoms with Crippen LogP contribution in [0.4, 0.5) is 5.82 Å². The molecule has 3 aromatic heterocycles. The molecule has 10 nitrogen and oxygen atoms in total. The molecule has 0 spiro atoms. The highest BCUT2D eigenvalue weighted by molar-refractivity contribution is 7.90. The van der Waals surface area contributed by atoms with Gasteiger partial charge in [-0.05, 0) is 55.0 Å². The van der Waals surface area contributed by atoms with E-state index in [1.807, 2.05) is 36.4 Å². The Morgan fingerprint density at radius 1 is 1.13 bits per heavy atom. The summed E-state index contributed by atoms with van der Waals surface area (Å²) in [6, 6.07) is 16.1. The zero-order valence-corrected chi connectivity index (χ0v) is 22.6. The number of aromatic nitrogens is 3. The van der Waals surface area contributed by atoms with Crippen LogP contribution in [0.25, 0.3) is 22.3 Å². The van der Waals surface area contributed by atoms with Gasteiger partial charge in [-0.1, -0.05) is 12.1 Å². The minimum atomic E-state index is -3.44. The van der Waals surface area contributed by atoms with Crippen LogP contribution in [0.15, 0.2) is 65.7 Å². The summed E-state index contributed by atoms with van der Waals surface area (Å²) < 4.78 is 24.0. The first kappa shape index (κ1) is 26.7. The van der Waals surface area contributed by atoms with Crippen molar-refractivity contribution in [3.8, 4) is 11.4 Å². The van der Waals surface area contributed by atoms with Crippen molar-refractivity contribution < 1.29 is 18.3 Å². The van der Waals surface area contributed by atoms with E-state index in [4.69, 9.17) is 9.97 Å². The lowest BCUT2D eigenvalue weighted by Crippen LogP contribution is -2.52. The van der Waals surface area contributed by atoms with Gasteiger partial charge in [0.25, 0.3) is 5.91 Å². The van der Waals surface area contributed by atoms with Gasteiger partial charge in [-0.3, -0.25) is 9.78 Å². The highest BCUT2D eigenvalue weighted by atomic mass is 32.2. The maximum Gasteiger partial charge on any atom is 0.251 e. The molecule has 1 aromatic carbocycles. The summed E-state index contributed by atoms with van der Waals surface area (Å²) in [5, 5.41) is 16.5. The first-order valence-corrected chi connectivity index (χ1v) is 14.5. The molecule has 4 aromatic rings. The van der Waals surface area contributed by atoms with Gasteiger partial charge < -0.3 is 20.6 Å². The van der Waals surface area contributed by atoms with Crippen LogP contribution in [0.3, 0.4) is 0 Å². The highest BCUT2D eigenvalue weighted by Crippen LogP contribution is 2.23. The summed E-state index contributed by atoms with van der Waals surface area (Å²) in [5.74, 6) is 0.448. The number of sulfone groups is 1. The molecule has 5 rings (SSSR count). The van der Waals surface area contributed by atoms with Crippen molar-refractivity contribution in [3.63, 3.8) is 0 Å². The van der Waals surface area contributed by atoms with E-state index < -0.39 is 9.84 Å². The number of benzene rings is 1. The van der Waals surface area contributed by atoms with Crippen LogP contribution in [0, 0.1) is 6.92 Å². The van der Waals surface area contributed by atoms with Gasteiger partial charge in [0.1, 0.15) is 5.82 Å². The number of amides is 1. The normalized spacial score (nSPS) is 15.9. The molecule has 39 heavy (non-hydrogen) atoms. The van der Waals surface area contributed by atoms with E-state index >= 15 is 0 Å². The Bertz CT molecular complexity index is 1640. The highest BCUT2D eigenvalue weighted by Gasteiger charge is 2.20. The number of fused-ring (bicyclic) bond motifs is 1. The molecular formula is C28H30N6O4S.